The van der Waals surface area contributed by atoms with Gasteiger partial charge in [-0.25, -0.2) is 0 Å². The SMILES string of the molecule is CC(C)[C@H](C(=O)N[C@H](CCC(=O)O)C(=O)N[C@@H]1CC(C)N([C@H](C)C(N)=O)C1=O)N1C[C@@H](NC(=O)C[C@@H](C)O)CC1=O. The summed E-state index contributed by atoms with van der Waals surface area (Å²) in [6, 6.07) is -5.23. The number of amides is 6. The van der Waals surface area contributed by atoms with E-state index >= 15 is 0 Å². The number of nitrogens with one attached hydrogen (secondary N) is 3. The second-order valence-electron chi connectivity index (χ2n) is 11.2. The van der Waals surface area contributed by atoms with Crippen molar-refractivity contribution in [2.45, 2.75) is 109 Å². The second-order valence-corrected chi connectivity index (χ2v) is 11.2. The van der Waals surface area contributed by atoms with Gasteiger partial charge in [0.05, 0.1) is 18.6 Å². The monoisotopic (exact) mass is 582 g/mol. The number of likely N-dealkylation sites (tertiary alicyclic amines) is 2. The predicted molar refractivity (Wildman–Crippen MR) is 143 cm³/mol. The molecule has 2 aliphatic rings. The maximum Gasteiger partial charge on any atom is 0.303 e. The van der Waals surface area contributed by atoms with Gasteiger partial charge in [0, 0.05) is 25.4 Å². The lowest BCUT2D eigenvalue weighted by molar-refractivity contribution is -0.142. The Kier molecular flexibility index (Phi) is 11.6. The first-order chi connectivity index (χ1) is 19.0. The van der Waals surface area contributed by atoms with Crippen LogP contribution < -0.4 is 21.7 Å². The molecule has 0 aromatic heterocycles. The minimum absolute atomic E-state index is 0.0367. The molecule has 0 aromatic rings. The third kappa shape index (κ3) is 8.87. The van der Waals surface area contributed by atoms with Crippen molar-refractivity contribution in [3.8, 4) is 0 Å². The molecule has 0 bridgehead atoms. The van der Waals surface area contributed by atoms with E-state index in [1.165, 1.54) is 23.6 Å². The molecular weight excluding hydrogens is 540 g/mol. The number of carboxylic acid groups (broad SMARTS) is 1. The van der Waals surface area contributed by atoms with Crippen molar-refractivity contribution in [3.63, 3.8) is 0 Å². The Labute approximate surface area is 238 Å². The van der Waals surface area contributed by atoms with Crippen LogP contribution in [0.3, 0.4) is 0 Å². The highest BCUT2D eigenvalue weighted by Crippen LogP contribution is 2.23. The van der Waals surface area contributed by atoms with E-state index in [0.29, 0.717) is 0 Å². The van der Waals surface area contributed by atoms with Crippen LogP contribution in [-0.4, -0.2) is 110 Å². The zero-order valence-corrected chi connectivity index (χ0v) is 24.1. The summed E-state index contributed by atoms with van der Waals surface area (Å²) in [5.41, 5.74) is 5.34. The zero-order chi connectivity index (χ0) is 31.2. The van der Waals surface area contributed by atoms with Crippen LogP contribution in [0.4, 0.5) is 0 Å². The van der Waals surface area contributed by atoms with Crippen LogP contribution >= 0.6 is 0 Å². The summed E-state index contributed by atoms with van der Waals surface area (Å²) in [6.45, 7) is 8.09. The molecule has 15 heteroatoms. The number of carboxylic acids is 1. The van der Waals surface area contributed by atoms with Crippen molar-refractivity contribution in [1.29, 1.82) is 0 Å². The number of aliphatic hydroxyl groups is 1. The van der Waals surface area contributed by atoms with Gasteiger partial charge in [0.25, 0.3) is 0 Å². The van der Waals surface area contributed by atoms with Gasteiger partial charge in [-0.1, -0.05) is 13.8 Å². The first-order valence-corrected chi connectivity index (χ1v) is 13.7. The zero-order valence-electron chi connectivity index (χ0n) is 24.1. The van der Waals surface area contributed by atoms with Gasteiger partial charge in [-0.15, -0.1) is 0 Å². The third-order valence-electron chi connectivity index (χ3n) is 7.27. The predicted octanol–water partition coefficient (Wildman–Crippen LogP) is -2.17. The summed E-state index contributed by atoms with van der Waals surface area (Å²) in [6.07, 6.45) is -1.59. The highest BCUT2D eigenvalue weighted by atomic mass is 16.4. The molecule has 0 aliphatic carbocycles. The minimum Gasteiger partial charge on any atom is -0.481 e. The Morgan fingerprint density at radius 3 is 2.22 bits per heavy atom. The Balaban J connectivity index is 2.16. The molecule has 7 N–H and O–H groups in total. The number of carbonyl (C=O) groups excluding carboxylic acids is 6. The number of carbonyl (C=O) groups is 7. The lowest BCUT2D eigenvalue weighted by Gasteiger charge is -2.32. The van der Waals surface area contributed by atoms with E-state index in [4.69, 9.17) is 5.73 Å². The second kappa shape index (κ2) is 14.2. The Morgan fingerprint density at radius 2 is 1.68 bits per heavy atom. The van der Waals surface area contributed by atoms with Crippen molar-refractivity contribution in [3.05, 3.63) is 0 Å². The molecule has 230 valence electrons. The molecule has 0 aromatic carbocycles. The standard InChI is InChI=1S/C26H42N6O9/c1-12(2)22(31-11-16(10-20(31)35)28-19(34)9-14(4)33)25(40)29-17(6-7-21(36)37)24(39)30-18-8-13(3)32(26(18)41)15(5)23(27)38/h12-18,22,33H,6-11H2,1-5H3,(H2,27,38)(H,28,34)(H,29,40)(H,30,39)(H,36,37)/t13?,14-,15-,16+,17-,18-,22-/m1/s1. The Morgan fingerprint density at radius 1 is 1.05 bits per heavy atom. The van der Waals surface area contributed by atoms with Crippen LogP contribution in [0.15, 0.2) is 0 Å². The van der Waals surface area contributed by atoms with Crippen molar-refractivity contribution in [2.75, 3.05) is 6.54 Å². The summed E-state index contributed by atoms with van der Waals surface area (Å²) in [7, 11) is 0. The first kappa shape index (κ1) is 33.5. The highest BCUT2D eigenvalue weighted by molar-refractivity contribution is 5.96. The number of nitrogens with two attached hydrogens (primary N) is 1. The summed E-state index contributed by atoms with van der Waals surface area (Å²) in [4.78, 5) is 89.9. The molecule has 2 saturated heterocycles. The maximum atomic E-state index is 13.4. The van der Waals surface area contributed by atoms with Crippen molar-refractivity contribution in [1.82, 2.24) is 25.8 Å². The molecule has 1 unspecified atom stereocenters. The normalized spacial score (nSPS) is 23.6. The molecular formula is C26H42N6O9. The molecule has 0 saturated carbocycles. The minimum atomic E-state index is -1.33. The molecule has 2 aliphatic heterocycles. The van der Waals surface area contributed by atoms with E-state index < -0.39 is 90.2 Å². The first-order valence-electron chi connectivity index (χ1n) is 13.7. The van der Waals surface area contributed by atoms with Gasteiger partial charge in [-0.2, -0.15) is 0 Å². The summed E-state index contributed by atoms with van der Waals surface area (Å²) in [5, 5.41) is 26.4. The summed E-state index contributed by atoms with van der Waals surface area (Å²) >= 11 is 0. The fourth-order valence-corrected chi connectivity index (χ4v) is 5.31. The third-order valence-corrected chi connectivity index (χ3v) is 7.27. The lowest BCUT2D eigenvalue weighted by Crippen LogP contribution is -2.57. The fraction of sp³-hybridized carbons (Fsp3) is 0.731. The van der Waals surface area contributed by atoms with Gasteiger partial charge in [-0.05, 0) is 39.5 Å². The van der Waals surface area contributed by atoms with Crippen molar-refractivity contribution >= 4 is 41.4 Å². The smallest absolute Gasteiger partial charge is 0.303 e. The quantitative estimate of drug-likeness (QED) is 0.131. The molecule has 2 fully saturated rings. The van der Waals surface area contributed by atoms with Gasteiger partial charge in [0.1, 0.15) is 24.2 Å². The maximum absolute atomic E-state index is 13.4. The van der Waals surface area contributed by atoms with E-state index in [9.17, 15) is 43.8 Å². The summed E-state index contributed by atoms with van der Waals surface area (Å²) < 4.78 is 0. The largest absolute Gasteiger partial charge is 0.481 e. The van der Waals surface area contributed by atoms with E-state index in [0.717, 1.165) is 0 Å². The average Bonchev–Trinajstić information content (AvgIpc) is 3.32. The molecule has 2 rings (SSSR count). The van der Waals surface area contributed by atoms with Gasteiger partial charge >= 0.3 is 5.97 Å². The molecule has 7 atom stereocenters. The van der Waals surface area contributed by atoms with Gasteiger partial charge in [0.2, 0.25) is 35.4 Å². The van der Waals surface area contributed by atoms with Gasteiger partial charge in [0.15, 0.2) is 0 Å². The molecule has 0 spiro atoms. The van der Waals surface area contributed by atoms with Gasteiger partial charge < -0.3 is 41.7 Å². The Bertz CT molecular complexity index is 1050. The molecule has 2 heterocycles. The number of rotatable bonds is 14. The van der Waals surface area contributed by atoms with Crippen LogP contribution in [0.2, 0.25) is 0 Å². The number of hydrogen-bond acceptors (Lipinski definition) is 8. The van der Waals surface area contributed by atoms with Crippen molar-refractivity contribution < 1.29 is 43.8 Å². The van der Waals surface area contributed by atoms with E-state index in [1.807, 2.05) is 0 Å². The van der Waals surface area contributed by atoms with Crippen LogP contribution in [0.25, 0.3) is 0 Å². The highest BCUT2D eigenvalue weighted by Gasteiger charge is 2.44. The number of aliphatic hydroxyl groups excluding tert-OH is 1. The molecule has 15 nitrogen and oxygen atoms in total. The van der Waals surface area contributed by atoms with Crippen LogP contribution in [0, 0.1) is 5.92 Å². The molecule has 0 radical (unpaired) electrons. The molecule has 6 amide bonds. The average molecular weight is 583 g/mol. The van der Waals surface area contributed by atoms with Crippen LogP contribution in [0.5, 0.6) is 0 Å². The van der Waals surface area contributed by atoms with Crippen LogP contribution in [0.1, 0.15) is 66.7 Å². The number of primary amides is 1. The lowest BCUT2D eigenvalue weighted by atomic mass is 10.0. The van der Waals surface area contributed by atoms with Gasteiger partial charge in [-0.3, -0.25) is 33.6 Å². The van der Waals surface area contributed by atoms with E-state index in [1.54, 1.807) is 20.8 Å². The number of aliphatic carboxylic acids is 1. The van der Waals surface area contributed by atoms with Crippen molar-refractivity contribution in [2.24, 2.45) is 11.7 Å². The topological polar surface area (TPSA) is 229 Å². The van der Waals surface area contributed by atoms with E-state index in [2.05, 4.69) is 16.0 Å². The van der Waals surface area contributed by atoms with Crippen LogP contribution in [-0.2, 0) is 33.6 Å². The molecule has 41 heavy (non-hydrogen) atoms. The summed E-state index contributed by atoms with van der Waals surface area (Å²) in [5.74, 6) is -5.12. The number of nitrogens with zero attached hydrogens (tertiary/aromatic N) is 2. The fourth-order valence-electron chi connectivity index (χ4n) is 5.31. The number of hydrogen-bond donors (Lipinski definition) is 6. The Hall–Kier alpha value is -3.75. The van der Waals surface area contributed by atoms with E-state index in [-0.39, 0.29) is 38.1 Å².